The van der Waals surface area contributed by atoms with E-state index in [1.54, 1.807) is 31.2 Å². The van der Waals surface area contributed by atoms with Gasteiger partial charge in [-0.3, -0.25) is 4.79 Å². The number of carboxylic acid groups (broad SMARTS) is 1. The van der Waals surface area contributed by atoms with Crippen LogP contribution in [-0.2, 0) is 9.53 Å². The highest BCUT2D eigenvalue weighted by Crippen LogP contribution is 2.32. The number of benzene rings is 1. The molecule has 0 unspecified atom stereocenters. The van der Waals surface area contributed by atoms with Crippen molar-refractivity contribution in [3.63, 3.8) is 0 Å². The zero-order valence-electron chi connectivity index (χ0n) is 13.2. The van der Waals surface area contributed by atoms with Gasteiger partial charge in [0.25, 0.3) is 5.91 Å². The molecule has 1 aromatic carbocycles. The van der Waals surface area contributed by atoms with Gasteiger partial charge in [-0.25, -0.2) is 9.78 Å². The van der Waals surface area contributed by atoms with Crippen LogP contribution >= 0.6 is 11.6 Å². The summed E-state index contributed by atoms with van der Waals surface area (Å²) in [5.74, 6) is -2.28. The van der Waals surface area contributed by atoms with Gasteiger partial charge in [-0.05, 0) is 24.6 Å². The summed E-state index contributed by atoms with van der Waals surface area (Å²) >= 11 is 5.98. The second-order valence-corrected chi connectivity index (χ2v) is 6.28. The lowest BCUT2D eigenvalue weighted by molar-refractivity contribution is -0.164. The van der Waals surface area contributed by atoms with Crippen LogP contribution in [0.4, 0.5) is 0 Å². The van der Waals surface area contributed by atoms with Crippen LogP contribution in [0.25, 0.3) is 11.1 Å². The predicted octanol–water partition coefficient (Wildman–Crippen LogP) is 2.00. The monoisotopic (exact) mass is 362 g/mol. The summed E-state index contributed by atoms with van der Waals surface area (Å²) in [6.07, 6.45) is 1.44. The lowest BCUT2D eigenvalue weighted by Gasteiger charge is -2.37. The largest absolute Gasteiger partial charge is 0.505 e. The number of rotatable bonds is 4. The van der Waals surface area contributed by atoms with E-state index in [0.29, 0.717) is 16.1 Å². The number of nitrogens with zero attached hydrogens (tertiary/aromatic N) is 1. The van der Waals surface area contributed by atoms with E-state index >= 15 is 0 Å². The van der Waals surface area contributed by atoms with Crippen LogP contribution in [0.15, 0.2) is 30.5 Å². The third-order valence-corrected chi connectivity index (χ3v) is 4.35. The normalized spacial score (nSPS) is 15.3. The number of hydrogen-bond acceptors (Lipinski definition) is 5. The van der Waals surface area contributed by atoms with Gasteiger partial charge in [0, 0.05) is 22.3 Å². The molecule has 7 nitrogen and oxygen atoms in total. The molecule has 0 spiro atoms. The first-order chi connectivity index (χ1) is 11.8. The van der Waals surface area contributed by atoms with Gasteiger partial charge >= 0.3 is 5.97 Å². The molecule has 8 heteroatoms. The van der Waals surface area contributed by atoms with Crippen molar-refractivity contribution in [3.8, 4) is 16.9 Å². The first-order valence-corrected chi connectivity index (χ1v) is 7.80. The Morgan fingerprint density at radius 3 is 2.64 bits per heavy atom. The highest BCUT2D eigenvalue weighted by molar-refractivity contribution is 6.30. The van der Waals surface area contributed by atoms with E-state index in [-0.39, 0.29) is 24.7 Å². The second-order valence-electron chi connectivity index (χ2n) is 5.84. The maximum Gasteiger partial charge on any atom is 0.334 e. The van der Waals surface area contributed by atoms with Gasteiger partial charge in [0.05, 0.1) is 13.2 Å². The highest BCUT2D eigenvalue weighted by Gasteiger charge is 2.48. The van der Waals surface area contributed by atoms with E-state index in [9.17, 15) is 19.8 Å². The third-order valence-electron chi connectivity index (χ3n) is 4.12. The maximum atomic E-state index is 12.4. The third kappa shape index (κ3) is 3.04. The first kappa shape index (κ1) is 17.2. The average Bonchev–Trinajstić information content (AvgIpc) is 2.52. The summed E-state index contributed by atoms with van der Waals surface area (Å²) in [6.45, 7) is 1.38. The van der Waals surface area contributed by atoms with Gasteiger partial charge in [0.15, 0.2) is 11.2 Å². The smallest absolute Gasteiger partial charge is 0.334 e. The molecule has 1 aliphatic heterocycles. The van der Waals surface area contributed by atoms with Crippen molar-refractivity contribution in [2.45, 2.75) is 12.5 Å². The number of carbonyl (C=O) groups is 2. The summed E-state index contributed by atoms with van der Waals surface area (Å²) < 4.78 is 4.89. The van der Waals surface area contributed by atoms with Gasteiger partial charge in [0.2, 0.25) is 0 Å². The Labute approximate surface area is 148 Å². The second kappa shape index (κ2) is 6.34. The number of pyridine rings is 1. The van der Waals surface area contributed by atoms with Crippen molar-refractivity contribution in [2.24, 2.45) is 0 Å². The Hall–Kier alpha value is -2.64. The van der Waals surface area contributed by atoms with Gasteiger partial charge < -0.3 is 20.3 Å². The summed E-state index contributed by atoms with van der Waals surface area (Å²) in [6, 6.07) is 7.01. The lowest BCUT2D eigenvalue weighted by Crippen LogP contribution is -2.67. The molecule has 2 aromatic rings. The molecule has 25 heavy (non-hydrogen) atoms. The molecule has 0 radical (unpaired) electrons. The molecule has 0 atom stereocenters. The molecule has 1 aromatic heterocycles. The van der Waals surface area contributed by atoms with E-state index in [2.05, 4.69) is 10.3 Å². The molecule has 0 aliphatic carbocycles. The number of hydrogen-bond donors (Lipinski definition) is 3. The van der Waals surface area contributed by atoms with Crippen molar-refractivity contribution < 1.29 is 24.5 Å². The fourth-order valence-corrected chi connectivity index (χ4v) is 2.73. The van der Waals surface area contributed by atoms with E-state index in [4.69, 9.17) is 16.3 Å². The Morgan fingerprint density at radius 2 is 2.08 bits per heavy atom. The summed E-state index contributed by atoms with van der Waals surface area (Å²) in [4.78, 5) is 27.7. The number of aliphatic carboxylic acids is 1. The van der Waals surface area contributed by atoms with Gasteiger partial charge in [-0.15, -0.1) is 0 Å². The molecular weight excluding hydrogens is 348 g/mol. The van der Waals surface area contributed by atoms with E-state index < -0.39 is 17.4 Å². The van der Waals surface area contributed by atoms with E-state index in [1.165, 1.54) is 6.20 Å². The van der Waals surface area contributed by atoms with E-state index in [1.807, 2.05) is 0 Å². The molecule has 2 heterocycles. The van der Waals surface area contributed by atoms with Crippen LogP contribution < -0.4 is 5.32 Å². The molecule has 1 amide bonds. The van der Waals surface area contributed by atoms with Crippen molar-refractivity contribution >= 4 is 23.5 Å². The number of amides is 1. The average molecular weight is 363 g/mol. The number of aromatic nitrogens is 1. The van der Waals surface area contributed by atoms with Gasteiger partial charge in [-0.1, -0.05) is 23.7 Å². The molecule has 3 rings (SSSR count). The fraction of sp³-hybridized carbons (Fsp3) is 0.235. The topological polar surface area (TPSA) is 109 Å². The SMILES string of the molecule is Cc1c(-c2cccc(Cl)c2)cnc(C(=O)NC2(C(=O)O)COC2)c1O. The molecule has 1 fully saturated rings. The van der Waals surface area contributed by atoms with Crippen LogP contribution in [0, 0.1) is 6.92 Å². The lowest BCUT2D eigenvalue weighted by atomic mass is 9.97. The molecule has 1 saturated heterocycles. The zero-order valence-corrected chi connectivity index (χ0v) is 14.0. The Morgan fingerprint density at radius 1 is 1.36 bits per heavy atom. The minimum atomic E-state index is -1.48. The summed E-state index contributed by atoms with van der Waals surface area (Å²) in [5, 5.41) is 22.5. The molecule has 1 aliphatic rings. The fourth-order valence-electron chi connectivity index (χ4n) is 2.54. The molecule has 130 valence electrons. The van der Waals surface area contributed by atoms with Crippen molar-refractivity contribution in [1.82, 2.24) is 10.3 Å². The Balaban J connectivity index is 1.92. The minimum Gasteiger partial charge on any atom is -0.505 e. The summed E-state index contributed by atoms with van der Waals surface area (Å²) in [5.41, 5.74) is 0.0863. The highest BCUT2D eigenvalue weighted by atomic mass is 35.5. The predicted molar refractivity (Wildman–Crippen MR) is 89.7 cm³/mol. The standard InChI is InChI=1S/C17H15ClN2O5/c1-9-12(10-3-2-4-11(18)5-10)6-19-13(14(9)21)15(22)20-17(16(23)24)7-25-8-17/h2-6,21H,7-8H2,1H3,(H,20,22)(H,23,24). The van der Waals surface area contributed by atoms with Crippen molar-refractivity contribution in [2.75, 3.05) is 13.2 Å². The minimum absolute atomic E-state index is 0.131. The Bertz CT molecular complexity index is 864. The van der Waals surface area contributed by atoms with Crippen LogP contribution in [0.1, 0.15) is 16.1 Å². The zero-order chi connectivity index (χ0) is 18.2. The molecule has 0 saturated carbocycles. The maximum absolute atomic E-state index is 12.4. The van der Waals surface area contributed by atoms with Crippen LogP contribution in [0.3, 0.4) is 0 Å². The number of halogens is 1. The summed E-state index contributed by atoms with van der Waals surface area (Å²) in [7, 11) is 0. The van der Waals surface area contributed by atoms with Crippen LogP contribution in [0.5, 0.6) is 5.75 Å². The van der Waals surface area contributed by atoms with Gasteiger partial charge in [-0.2, -0.15) is 0 Å². The molecule has 0 bridgehead atoms. The number of aromatic hydroxyl groups is 1. The Kier molecular flexibility index (Phi) is 4.36. The molecular formula is C17H15ClN2O5. The van der Waals surface area contributed by atoms with Crippen molar-refractivity contribution in [3.05, 3.63) is 46.7 Å². The van der Waals surface area contributed by atoms with Crippen molar-refractivity contribution in [1.29, 1.82) is 0 Å². The van der Waals surface area contributed by atoms with Gasteiger partial charge in [0.1, 0.15) is 5.75 Å². The number of carboxylic acids is 1. The number of carbonyl (C=O) groups excluding carboxylic acids is 1. The van der Waals surface area contributed by atoms with E-state index in [0.717, 1.165) is 5.56 Å². The number of nitrogens with one attached hydrogen (secondary N) is 1. The quantitative estimate of drug-likeness (QED) is 0.767. The first-order valence-electron chi connectivity index (χ1n) is 7.42. The van der Waals surface area contributed by atoms with Crippen LogP contribution in [-0.4, -0.2) is 45.8 Å². The van der Waals surface area contributed by atoms with Crippen LogP contribution in [0.2, 0.25) is 5.02 Å². The molecule has 3 N–H and O–H groups in total. The number of ether oxygens (including phenoxy) is 1.